The number of hydrogen-bond acceptors (Lipinski definition) is 4. The Morgan fingerprint density at radius 1 is 1.24 bits per heavy atom. The van der Waals surface area contributed by atoms with Gasteiger partial charge in [0.2, 0.25) is 0 Å². The summed E-state index contributed by atoms with van der Waals surface area (Å²) in [5, 5.41) is 0.760. The first-order chi connectivity index (χ1) is 10.1. The molecule has 0 aliphatic carbocycles. The molecule has 0 aliphatic rings. The summed E-state index contributed by atoms with van der Waals surface area (Å²) in [4.78, 5) is 16.7. The normalized spacial score (nSPS) is 12.5. The average molecular weight is 318 g/mol. The zero-order chi connectivity index (χ0) is 14.8. The first-order valence-corrected chi connectivity index (χ1v) is 7.71. The number of fused-ring (bicyclic) bond motifs is 1. The van der Waals surface area contributed by atoms with E-state index in [0.29, 0.717) is 15.8 Å². The number of thioether (sulfide) groups is 1. The first-order valence-electron chi connectivity index (χ1n) is 6.45. The zero-order valence-corrected chi connectivity index (χ0v) is 12.8. The molecule has 0 saturated carbocycles. The van der Waals surface area contributed by atoms with Gasteiger partial charge in [0.1, 0.15) is 5.52 Å². The number of hydrogen-bond donors (Lipinski definition) is 0. The average Bonchev–Trinajstić information content (AvgIpc) is 2.88. The van der Waals surface area contributed by atoms with Crippen LogP contribution in [0.5, 0.6) is 0 Å². The van der Waals surface area contributed by atoms with E-state index in [2.05, 4.69) is 4.98 Å². The number of halogens is 1. The summed E-state index contributed by atoms with van der Waals surface area (Å²) in [7, 11) is 0. The van der Waals surface area contributed by atoms with Gasteiger partial charge >= 0.3 is 0 Å². The van der Waals surface area contributed by atoms with E-state index in [1.807, 2.05) is 31.2 Å². The predicted molar refractivity (Wildman–Crippen MR) is 85.1 cm³/mol. The van der Waals surface area contributed by atoms with Crippen molar-refractivity contribution in [3.05, 3.63) is 59.1 Å². The highest BCUT2D eigenvalue weighted by Crippen LogP contribution is 2.28. The van der Waals surface area contributed by atoms with Gasteiger partial charge in [-0.3, -0.25) is 4.79 Å². The topological polar surface area (TPSA) is 43.1 Å². The van der Waals surface area contributed by atoms with Crippen LogP contribution in [0.25, 0.3) is 11.1 Å². The number of carbonyl (C=O) groups is 1. The van der Waals surface area contributed by atoms with Crippen LogP contribution in [-0.2, 0) is 0 Å². The summed E-state index contributed by atoms with van der Waals surface area (Å²) in [6, 6.07) is 14.5. The monoisotopic (exact) mass is 317 g/mol. The highest BCUT2D eigenvalue weighted by molar-refractivity contribution is 8.00. The Morgan fingerprint density at radius 3 is 2.81 bits per heavy atom. The third-order valence-corrected chi connectivity index (χ3v) is 4.21. The number of nitrogens with zero attached hydrogens (tertiary/aromatic N) is 1. The molecule has 21 heavy (non-hydrogen) atoms. The van der Waals surface area contributed by atoms with Crippen molar-refractivity contribution in [2.45, 2.75) is 17.4 Å². The lowest BCUT2D eigenvalue weighted by Crippen LogP contribution is -2.13. The number of carbonyl (C=O) groups excluding carboxylic acids is 1. The Kier molecular flexibility index (Phi) is 3.99. The highest BCUT2D eigenvalue weighted by atomic mass is 35.5. The minimum atomic E-state index is -0.295. The Balaban J connectivity index is 1.79. The maximum atomic E-state index is 12.4. The molecule has 3 aromatic rings. The minimum absolute atomic E-state index is 0.00440. The number of Topliss-reactive ketones (excluding diaryl/α,β-unsaturated/α-hetero) is 1. The summed E-state index contributed by atoms with van der Waals surface area (Å²) in [5.41, 5.74) is 2.11. The van der Waals surface area contributed by atoms with E-state index >= 15 is 0 Å². The summed E-state index contributed by atoms with van der Waals surface area (Å²) in [6.45, 7) is 1.84. The van der Waals surface area contributed by atoms with E-state index in [9.17, 15) is 4.79 Å². The fourth-order valence-electron chi connectivity index (χ4n) is 1.98. The van der Waals surface area contributed by atoms with Gasteiger partial charge in [0.25, 0.3) is 5.22 Å². The molecule has 106 valence electrons. The fourth-order valence-corrected chi connectivity index (χ4v) is 3.01. The SMILES string of the molecule is CC(Sc1nc2ccccc2o1)C(=O)c1cccc(Cl)c1. The van der Waals surface area contributed by atoms with Crippen molar-refractivity contribution >= 4 is 40.2 Å². The van der Waals surface area contributed by atoms with Crippen LogP contribution in [0.15, 0.2) is 58.2 Å². The lowest BCUT2D eigenvalue weighted by molar-refractivity contribution is 0.0993. The Bertz CT molecular complexity index is 767. The third kappa shape index (κ3) is 3.12. The second-order valence-electron chi connectivity index (χ2n) is 4.58. The molecule has 1 atom stereocenters. The second kappa shape index (κ2) is 5.92. The van der Waals surface area contributed by atoms with Crippen molar-refractivity contribution in [2.75, 3.05) is 0 Å². The Hall–Kier alpha value is -1.78. The van der Waals surface area contributed by atoms with Gasteiger partial charge in [-0.05, 0) is 31.2 Å². The largest absolute Gasteiger partial charge is 0.431 e. The number of oxazole rings is 1. The van der Waals surface area contributed by atoms with Crippen LogP contribution in [0.2, 0.25) is 5.02 Å². The van der Waals surface area contributed by atoms with Crippen LogP contribution in [0, 0.1) is 0 Å². The maximum Gasteiger partial charge on any atom is 0.257 e. The zero-order valence-electron chi connectivity index (χ0n) is 11.2. The molecule has 5 heteroatoms. The molecule has 1 unspecified atom stereocenters. The van der Waals surface area contributed by atoms with Crippen LogP contribution in [0.4, 0.5) is 0 Å². The van der Waals surface area contributed by atoms with Gasteiger partial charge in [-0.15, -0.1) is 0 Å². The van der Waals surface area contributed by atoms with Crippen molar-refractivity contribution in [2.24, 2.45) is 0 Å². The lowest BCUT2D eigenvalue weighted by atomic mass is 10.1. The molecule has 0 radical (unpaired) electrons. The van der Waals surface area contributed by atoms with Gasteiger partial charge in [-0.1, -0.05) is 47.6 Å². The molecule has 3 rings (SSSR count). The molecule has 3 nitrogen and oxygen atoms in total. The number of ketones is 1. The van der Waals surface area contributed by atoms with Crippen LogP contribution >= 0.6 is 23.4 Å². The standard InChI is InChI=1S/C16H12ClNO2S/c1-10(15(19)11-5-4-6-12(17)9-11)21-16-18-13-7-2-3-8-14(13)20-16/h2-10H,1H3. The number of para-hydroxylation sites is 2. The van der Waals surface area contributed by atoms with E-state index in [-0.39, 0.29) is 11.0 Å². The van der Waals surface area contributed by atoms with Crippen molar-refractivity contribution in [3.63, 3.8) is 0 Å². The predicted octanol–water partition coefficient (Wildman–Crippen LogP) is 4.84. The van der Waals surface area contributed by atoms with Crippen molar-refractivity contribution < 1.29 is 9.21 Å². The first kappa shape index (κ1) is 14.2. The maximum absolute atomic E-state index is 12.4. The molecule has 0 spiro atoms. The molecule has 0 aliphatic heterocycles. The van der Waals surface area contributed by atoms with Gasteiger partial charge < -0.3 is 4.42 Å². The van der Waals surface area contributed by atoms with E-state index in [0.717, 1.165) is 11.1 Å². The van der Waals surface area contributed by atoms with Crippen molar-refractivity contribution in [1.29, 1.82) is 0 Å². The van der Waals surface area contributed by atoms with Gasteiger partial charge in [0, 0.05) is 10.6 Å². The molecule has 0 fully saturated rings. The molecule has 2 aromatic carbocycles. The van der Waals surface area contributed by atoms with E-state index in [1.165, 1.54) is 11.8 Å². The second-order valence-corrected chi connectivity index (χ2v) is 6.31. The van der Waals surface area contributed by atoms with Crippen LogP contribution in [0.1, 0.15) is 17.3 Å². The minimum Gasteiger partial charge on any atom is -0.431 e. The van der Waals surface area contributed by atoms with Crippen LogP contribution < -0.4 is 0 Å². The number of benzene rings is 2. The summed E-state index contributed by atoms with van der Waals surface area (Å²) < 4.78 is 5.62. The van der Waals surface area contributed by atoms with Gasteiger partial charge in [-0.25, -0.2) is 4.98 Å². The van der Waals surface area contributed by atoms with Gasteiger partial charge in [-0.2, -0.15) is 0 Å². The van der Waals surface area contributed by atoms with Gasteiger partial charge in [0.05, 0.1) is 5.25 Å². The van der Waals surface area contributed by atoms with Crippen molar-refractivity contribution in [1.82, 2.24) is 4.98 Å². The summed E-state index contributed by atoms with van der Waals surface area (Å²) >= 11 is 7.23. The Morgan fingerprint density at radius 2 is 2.05 bits per heavy atom. The van der Waals surface area contributed by atoms with Gasteiger partial charge in [0.15, 0.2) is 11.4 Å². The summed E-state index contributed by atoms with van der Waals surface area (Å²) in [5.74, 6) is 0.00440. The smallest absolute Gasteiger partial charge is 0.257 e. The quantitative estimate of drug-likeness (QED) is 0.510. The lowest BCUT2D eigenvalue weighted by Gasteiger charge is -2.07. The van der Waals surface area contributed by atoms with E-state index < -0.39 is 0 Å². The molecule has 0 N–H and O–H groups in total. The number of rotatable bonds is 4. The van der Waals surface area contributed by atoms with E-state index in [4.69, 9.17) is 16.0 Å². The molecule has 0 bridgehead atoms. The highest BCUT2D eigenvalue weighted by Gasteiger charge is 2.19. The van der Waals surface area contributed by atoms with Crippen LogP contribution in [0.3, 0.4) is 0 Å². The number of aromatic nitrogens is 1. The molecular formula is C16H12ClNO2S. The molecular weight excluding hydrogens is 306 g/mol. The molecule has 0 amide bonds. The molecule has 0 saturated heterocycles. The Labute approximate surface area is 131 Å². The van der Waals surface area contributed by atoms with E-state index in [1.54, 1.807) is 24.3 Å². The fraction of sp³-hybridized carbons (Fsp3) is 0.125. The van der Waals surface area contributed by atoms with Crippen LogP contribution in [-0.4, -0.2) is 16.0 Å². The van der Waals surface area contributed by atoms with Crippen molar-refractivity contribution in [3.8, 4) is 0 Å². The summed E-state index contributed by atoms with van der Waals surface area (Å²) in [6.07, 6.45) is 0. The molecule has 1 heterocycles. The molecule has 1 aromatic heterocycles. The third-order valence-electron chi connectivity index (χ3n) is 3.03.